The van der Waals surface area contributed by atoms with Gasteiger partial charge < -0.3 is 9.47 Å². The molecule has 0 saturated carbocycles. The van der Waals surface area contributed by atoms with Crippen molar-refractivity contribution < 1.29 is 9.47 Å². The second-order valence-electron chi connectivity index (χ2n) is 5.26. The van der Waals surface area contributed by atoms with Crippen LogP contribution in [-0.2, 0) is 21.5 Å². The van der Waals surface area contributed by atoms with Crippen molar-refractivity contribution in [2.75, 3.05) is 19.8 Å². The van der Waals surface area contributed by atoms with E-state index in [2.05, 4.69) is 52.3 Å². The summed E-state index contributed by atoms with van der Waals surface area (Å²) in [5.41, 5.74) is 2.52. The van der Waals surface area contributed by atoms with Gasteiger partial charge in [-0.3, -0.25) is 0 Å². The monoisotopic (exact) mass is 332 g/mol. The van der Waals surface area contributed by atoms with Gasteiger partial charge in [-0.1, -0.05) is 58.4 Å². The fourth-order valence-electron chi connectivity index (χ4n) is 2.42. The van der Waals surface area contributed by atoms with E-state index in [4.69, 9.17) is 9.47 Å². The Morgan fingerprint density at radius 2 is 1.70 bits per heavy atom. The summed E-state index contributed by atoms with van der Waals surface area (Å²) in [4.78, 5) is 0. The van der Waals surface area contributed by atoms with Crippen molar-refractivity contribution in [3.05, 3.63) is 70.2 Å². The van der Waals surface area contributed by atoms with E-state index in [0.717, 1.165) is 17.7 Å². The van der Waals surface area contributed by atoms with Gasteiger partial charge in [0.25, 0.3) is 0 Å². The maximum Gasteiger partial charge on any atom is 0.0717 e. The molecule has 1 aliphatic rings. The summed E-state index contributed by atoms with van der Waals surface area (Å²) in [5.74, 6) is 0. The van der Waals surface area contributed by atoms with Crippen molar-refractivity contribution in [2.24, 2.45) is 0 Å². The first kappa shape index (κ1) is 13.8. The average Bonchev–Trinajstić information content (AvgIpc) is 2.44. The molecule has 0 unspecified atom stereocenters. The minimum absolute atomic E-state index is 0.0233. The van der Waals surface area contributed by atoms with E-state index in [1.54, 1.807) is 0 Å². The standard InChI is InChI=1S/C17H17BrO2/c18-16-8-6-15(7-9-16)17(12-20-13-17)11-19-10-14-4-2-1-3-5-14/h1-9H,10-13H2. The van der Waals surface area contributed by atoms with Crippen LogP contribution in [0.25, 0.3) is 0 Å². The molecule has 3 rings (SSSR count). The fraction of sp³-hybridized carbons (Fsp3) is 0.294. The van der Waals surface area contributed by atoms with Crippen molar-refractivity contribution in [1.82, 2.24) is 0 Å². The third-order valence-corrected chi connectivity index (χ3v) is 4.23. The number of benzene rings is 2. The Bertz CT molecular complexity index is 547. The zero-order chi connectivity index (χ0) is 13.8. The highest BCUT2D eigenvalue weighted by Crippen LogP contribution is 2.33. The van der Waals surface area contributed by atoms with Gasteiger partial charge in [0.2, 0.25) is 0 Å². The highest BCUT2D eigenvalue weighted by Gasteiger charge is 2.40. The second-order valence-corrected chi connectivity index (χ2v) is 6.17. The highest BCUT2D eigenvalue weighted by atomic mass is 79.9. The quantitative estimate of drug-likeness (QED) is 0.825. The molecule has 1 fully saturated rings. The largest absolute Gasteiger partial charge is 0.379 e. The van der Waals surface area contributed by atoms with E-state index >= 15 is 0 Å². The molecule has 104 valence electrons. The van der Waals surface area contributed by atoms with Crippen LogP contribution in [0.5, 0.6) is 0 Å². The topological polar surface area (TPSA) is 18.5 Å². The normalized spacial score (nSPS) is 16.6. The minimum Gasteiger partial charge on any atom is -0.379 e. The lowest BCUT2D eigenvalue weighted by Gasteiger charge is -2.41. The van der Waals surface area contributed by atoms with Gasteiger partial charge in [-0.25, -0.2) is 0 Å². The molecule has 1 heterocycles. The summed E-state index contributed by atoms with van der Waals surface area (Å²) in [6.07, 6.45) is 0. The Balaban J connectivity index is 1.63. The van der Waals surface area contributed by atoms with Crippen molar-refractivity contribution in [3.63, 3.8) is 0 Å². The molecular formula is C17H17BrO2. The first-order valence-electron chi connectivity index (χ1n) is 6.74. The third-order valence-electron chi connectivity index (χ3n) is 3.70. The van der Waals surface area contributed by atoms with Crippen molar-refractivity contribution in [1.29, 1.82) is 0 Å². The summed E-state index contributed by atoms with van der Waals surface area (Å²) in [6.45, 7) is 2.83. The molecule has 0 atom stereocenters. The lowest BCUT2D eigenvalue weighted by molar-refractivity contribution is -0.101. The number of ether oxygens (including phenoxy) is 2. The van der Waals surface area contributed by atoms with Crippen LogP contribution in [-0.4, -0.2) is 19.8 Å². The van der Waals surface area contributed by atoms with Gasteiger partial charge in [0.15, 0.2) is 0 Å². The van der Waals surface area contributed by atoms with E-state index in [1.807, 2.05) is 18.2 Å². The minimum atomic E-state index is 0.0233. The van der Waals surface area contributed by atoms with Crippen LogP contribution in [0.3, 0.4) is 0 Å². The van der Waals surface area contributed by atoms with Crippen LogP contribution in [0.15, 0.2) is 59.1 Å². The molecule has 20 heavy (non-hydrogen) atoms. The molecule has 0 aliphatic carbocycles. The molecule has 0 radical (unpaired) electrons. The number of rotatable bonds is 5. The van der Waals surface area contributed by atoms with E-state index in [-0.39, 0.29) is 5.41 Å². The van der Waals surface area contributed by atoms with Crippen LogP contribution < -0.4 is 0 Å². The SMILES string of the molecule is Brc1ccc(C2(COCc3ccccc3)COC2)cc1. The zero-order valence-corrected chi connectivity index (χ0v) is 12.8. The zero-order valence-electron chi connectivity index (χ0n) is 11.2. The highest BCUT2D eigenvalue weighted by molar-refractivity contribution is 9.10. The van der Waals surface area contributed by atoms with Crippen LogP contribution >= 0.6 is 15.9 Å². The Morgan fingerprint density at radius 3 is 2.30 bits per heavy atom. The molecule has 2 aromatic carbocycles. The van der Waals surface area contributed by atoms with E-state index in [0.29, 0.717) is 13.2 Å². The van der Waals surface area contributed by atoms with E-state index < -0.39 is 0 Å². The first-order chi connectivity index (χ1) is 9.78. The summed E-state index contributed by atoms with van der Waals surface area (Å²) in [5, 5.41) is 0. The number of hydrogen-bond acceptors (Lipinski definition) is 2. The molecule has 0 bridgehead atoms. The molecule has 0 amide bonds. The summed E-state index contributed by atoms with van der Waals surface area (Å²) in [7, 11) is 0. The van der Waals surface area contributed by atoms with Gasteiger partial charge in [0.1, 0.15) is 0 Å². The Hall–Kier alpha value is -1.16. The molecule has 3 heteroatoms. The Morgan fingerprint density at radius 1 is 1.00 bits per heavy atom. The van der Waals surface area contributed by atoms with E-state index in [9.17, 15) is 0 Å². The van der Waals surface area contributed by atoms with Crippen molar-refractivity contribution in [2.45, 2.75) is 12.0 Å². The average molecular weight is 333 g/mol. The molecule has 1 saturated heterocycles. The summed E-state index contributed by atoms with van der Waals surface area (Å²) < 4.78 is 12.5. The smallest absolute Gasteiger partial charge is 0.0717 e. The summed E-state index contributed by atoms with van der Waals surface area (Å²) in [6, 6.07) is 18.7. The number of halogens is 1. The molecule has 0 spiro atoms. The Kier molecular flexibility index (Phi) is 4.20. The lowest BCUT2D eigenvalue weighted by atomic mass is 9.79. The molecule has 1 aliphatic heterocycles. The van der Waals surface area contributed by atoms with Crippen LogP contribution in [0.4, 0.5) is 0 Å². The second kappa shape index (κ2) is 6.08. The first-order valence-corrected chi connectivity index (χ1v) is 7.53. The molecule has 0 aromatic heterocycles. The summed E-state index contributed by atoms with van der Waals surface area (Å²) >= 11 is 3.47. The predicted octanol–water partition coefficient (Wildman–Crippen LogP) is 3.93. The maximum atomic E-state index is 5.92. The van der Waals surface area contributed by atoms with Crippen LogP contribution in [0, 0.1) is 0 Å². The van der Waals surface area contributed by atoms with Crippen LogP contribution in [0.1, 0.15) is 11.1 Å². The van der Waals surface area contributed by atoms with Gasteiger partial charge in [0.05, 0.1) is 31.8 Å². The fourth-order valence-corrected chi connectivity index (χ4v) is 2.69. The molecule has 2 aromatic rings. The third kappa shape index (κ3) is 2.95. The van der Waals surface area contributed by atoms with Gasteiger partial charge in [-0.2, -0.15) is 0 Å². The van der Waals surface area contributed by atoms with Gasteiger partial charge in [-0.05, 0) is 23.3 Å². The van der Waals surface area contributed by atoms with E-state index in [1.165, 1.54) is 11.1 Å². The van der Waals surface area contributed by atoms with Crippen molar-refractivity contribution >= 4 is 15.9 Å². The molecular weight excluding hydrogens is 316 g/mol. The molecule has 0 N–H and O–H groups in total. The van der Waals surface area contributed by atoms with Gasteiger partial charge in [0, 0.05) is 4.47 Å². The lowest BCUT2D eigenvalue weighted by Crippen LogP contribution is -2.50. The predicted molar refractivity (Wildman–Crippen MR) is 82.7 cm³/mol. The number of hydrogen-bond donors (Lipinski definition) is 0. The van der Waals surface area contributed by atoms with Crippen molar-refractivity contribution in [3.8, 4) is 0 Å². The Labute approximate surface area is 127 Å². The maximum absolute atomic E-state index is 5.92. The van der Waals surface area contributed by atoms with Gasteiger partial charge in [-0.15, -0.1) is 0 Å². The molecule has 2 nitrogen and oxygen atoms in total. The van der Waals surface area contributed by atoms with Crippen LogP contribution in [0.2, 0.25) is 0 Å². The van der Waals surface area contributed by atoms with Gasteiger partial charge >= 0.3 is 0 Å².